The second kappa shape index (κ2) is 13.8. The number of carbonyl (C=O) groups excluding carboxylic acids is 1. The molecule has 0 saturated carbocycles. The first kappa shape index (κ1) is 19.0. The third-order valence-corrected chi connectivity index (χ3v) is 2.47. The van der Waals surface area contributed by atoms with Crippen molar-refractivity contribution in [2.45, 2.75) is 52.9 Å². The van der Waals surface area contributed by atoms with Crippen LogP contribution in [-0.2, 0) is 4.79 Å². The first-order valence-corrected chi connectivity index (χ1v) is 6.92. The summed E-state index contributed by atoms with van der Waals surface area (Å²) in [5, 5.41) is 2.83. The lowest BCUT2D eigenvalue weighted by molar-refractivity contribution is -0.117. The van der Waals surface area contributed by atoms with Crippen LogP contribution in [0.3, 0.4) is 0 Å². The molecular weight excluding hydrogens is 222 g/mol. The van der Waals surface area contributed by atoms with Crippen molar-refractivity contribution in [1.82, 2.24) is 5.32 Å². The highest BCUT2D eigenvalue weighted by molar-refractivity contribution is 5.97. The molecule has 1 amide bonds. The molecule has 0 fully saturated rings. The Balaban J connectivity index is 0. The minimum Gasteiger partial charge on any atom is -0.352 e. The number of nitrogens with one attached hydrogen (secondary N) is 1. The second-order valence-electron chi connectivity index (χ2n) is 3.88. The van der Waals surface area contributed by atoms with Gasteiger partial charge in [-0.3, -0.25) is 4.79 Å². The molecule has 0 aromatic carbocycles. The van der Waals surface area contributed by atoms with Gasteiger partial charge in [0.1, 0.15) is 0 Å². The van der Waals surface area contributed by atoms with E-state index in [1.807, 2.05) is 13.8 Å². The fraction of sp³-hybridized carbons (Fsp3) is 0.562. The molecule has 0 bridgehead atoms. The molecule has 0 aromatic rings. The highest BCUT2D eigenvalue weighted by atomic mass is 16.1. The highest BCUT2D eigenvalue weighted by Gasteiger charge is 2.06. The van der Waals surface area contributed by atoms with Crippen molar-refractivity contribution >= 4 is 5.91 Å². The summed E-state index contributed by atoms with van der Waals surface area (Å²) in [6.07, 6.45) is 7.49. The molecule has 0 aliphatic rings. The summed E-state index contributed by atoms with van der Waals surface area (Å²) in [4.78, 5) is 11.5. The fourth-order valence-electron chi connectivity index (χ4n) is 1.31. The van der Waals surface area contributed by atoms with Gasteiger partial charge in [-0.25, -0.2) is 0 Å². The maximum absolute atomic E-state index is 11.5. The zero-order chi connectivity index (χ0) is 14.4. The molecule has 0 spiro atoms. The third-order valence-electron chi connectivity index (χ3n) is 2.47. The molecule has 0 aromatic heterocycles. The van der Waals surface area contributed by atoms with E-state index in [4.69, 9.17) is 0 Å². The maximum Gasteiger partial charge on any atom is 0.251 e. The molecule has 1 N–H and O–H groups in total. The van der Waals surface area contributed by atoms with Gasteiger partial charge in [-0.15, -0.1) is 0 Å². The summed E-state index contributed by atoms with van der Waals surface area (Å²) in [6, 6.07) is 0. The van der Waals surface area contributed by atoms with Crippen LogP contribution < -0.4 is 5.32 Å². The van der Waals surface area contributed by atoms with Gasteiger partial charge < -0.3 is 5.32 Å². The SMILES string of the molecule is C=CC(=C)C(=C)C(=O)NCCCCCCC.CC. The summed E-state index contributed by atoms with van der Waals surface area (Å²) in [6.45, 7) is 17.8. The monoisotopic (exact) mass is 251 g/mol. The lowest BCUT2D eigenvalue weighted by Gasteiger charge is -2.07. The molecule has 2 heteroatoms. The molecule has 0 saturated heterocycles. The van der Waals surface area contributed by atoms with Crippen LogP contribution in [-0.4, -0.2) is 12.5 Å². The van der Waals surface area contributed by atoms with Crippen molar-refractivity contribution in [3.8, 4) is 0 Å². The Morgan fingerprint density at radius 1 is 1.11 bits per heavy atom. The van der Waals surface area contributed by atoms with Gasteiger partial charge in [-0.2, -0.15) is 0 Å². The number of hydrogen-bond donors (Lipinski definition) is 1. The molecule has 0 atom stereocenters. The Bertz CT molecular complexity index is 266. The number of rotatable bonds is 9. The molecule has 0 aliphatic heterocycles. The third kappa shape index (κ3) is 9.88. The summed E-state index contributed by atoms with van der Waals surface area (Å²) in [5.74, 6) is -0.139. The highest BCUT2D eigenvalue weighted by Crippen LogP contribution is 2.06. The van der Waals surface area contributed by atoms with Crippen LogP contribution in [0.2, 0.25) is 0 Å². The van der Waals surface area contributed by atoms with Crippen LogP contribution in [0.4, 0.5) is 0 Å². The van der Waals surface area contributed by atoms with Gasteiger partial charge in [0.05, 0.1) is 0 Å². The van der Waals surface area contributed by atoms with E-state index < -0.39 is 0 Å². The number of unbranched alkanes of at least 4 members (excludes halogenated alkanes) is 4. The number of amides is 1. The quantitative estimate of drug-likeness (QED) is 0.367. The second-order valence-corrected chi connectivity index (χ2v) is 3.88. The van der Waals surface area contributed by atoms with Gasteiger partial charge in [0.25, 0.3) is 5.91 Å². The Morgan fingerprint density at radius 3 is 2.17 bits per heavy atom. The van der Waals surface area contributed by atoms with E-state index in [1.54, 1.807) is 6.08 Å². The van der Waals surface area contributed by atoms with Gasteiger partial charge in [0, 0.05) is 12.1 Å². The van der Waals surface area contributed by atoms with E-state index in [-0.39, 0.29) is 5.91 Å². The van der Waals surface area contributed by atoms with Crippen LogP contribution >= 0.6 is 0 Å². The zero-order valence-corrected chi connectivity index (χ0v) is 12.3. The van der Waals surface area contributed by atoms with E-state index in [2.05, 4.69) is 32.0 Å². The van der Waals surface area contributed by atoms with Gasteiger partial charge in [0.15, 0.2) is 0 Å². The Hall–Kier alpha value is -1.31. The van der Waals surface area contributed by atoms with Gasteiger partial charge >= 0.3 is 0 Å². The normalized spacial score (nSPS) is 8.83. The van der Waals surface area contributed by atoms with Crippen LogP contribution in [0.25, 0.3) is 0 Å². The van der Waals surface area contributed by atoms with Gasteiger partial charge in [-0.1, -0.05) is 72.3 Å². The average Bonchev–Trinajstić information content (AvgIpc) is 2.42. The summed E-state index contributed by atoms with van der Waals surface area (Å²) < 4.78 is 0. The summed E-state index contributed by atoms with van der Waals surface area (Å²) in [7, 11) is 0. The number of carbonyl (C=O) groups is 1. The van der Waals surface area contributed by atoms with Crippen LogP contribution in [0.15, 0.2) is 37.0 Å². The fourth-order valence-corrected chi connectivity index (χ4v) is 1.31. The minimum absolute atomic E-state index is 0.139. The maximum atomic E-state index is 11.5. The largest absolute Gasteiger partial charge is 0.352 e. The summed E-state index contributed by atoms with van der Waals surface area (Å²) >= 11 is 0. The first-order valence-electron chi connectivity index (χ1n) is 6.92. The van der Waals surface area contributed by atoms with Gasteiger partial charge in [-0.05, 0) is 12.0 Å². The smallest absolute Gasteiger partial charge is 0.251 e. The molecule has 0 radical (unpaired) electrons. The van der Waals surface area contributed by atoms with Crippen LogP contribution in [0.5, 0.6) is 0 Å². The Labute approximate surface area is 113 Å². The van der Waals surface area contributed by atoms with Crippen LogP contribution in [0, 0.1) is 0 Å². The predicted molar refractivity (Wildman–Crippen MR) is 81.6 cm³/mol. The molecule has 0 heterocycles. The van der Waals surface area contributed by atoms with Crippen molar-refractivity contribution in [2.75, 3.05) is 6.54 Å². The predicted octanol–water partition coefficient (Wildman–Crippen LogP) is 4.40. The van der Waals surface area contributed by atoms with Gasteiger partial charge in [0.2, 0.25) is 0 Å². The van der Waals surface area contributed by atoms with E-state index in [0.717, 1.165) is 6.42 Å². The summed E-state index contributed by atoms with van der Waals surface area (Å²) in [5.41, 5.74) is 0.993. The Morgan fingerprint density at radius 2 is 1.67 bits per heavy atom. The zero-order valence-electron chi connectivity index (χ0n) is 12.3. The standard InChI is InChI=1S/C14H23NO.C2H6/c1-5-7-8-9-10-11-15-14(16)13(4)12(3)6-2;1-2/h6H,2-5,7-11H2,1H3,(H,15,16);1-2H3. The molecule has 0 unspecified atom stereocenters. The number of hydrogen-bond acceptors (Lipinski definition) is 1. The van der Waals surface area contributed by atoms with E-state index in [9.17, 15) is 4.79 Å². The van der Waals surface area contributed by atoms with Crippen molar-refractivity contribution in [3.05, 3.63) is 37.0 Å². The van der Waals surface area contributed by atoms with E-state index >= 15 is 0 Å². The average molecular weight is 251 g/mol. The molecular formula is C16H29NO. The topological polar surface area (TPSA) is 29.1 Å². The van der Waals surface area contributed by atoms with Crippen molar-refractivity contribution in [1.29, 1.82) is 0 Å². The molecule has 2 nitrogen and oxygen atoms in total. The molecule has 104 valence electrons. The number of allylic oxidation sites excluding steroid dienone is 1. The molecule has 0 rings (SSSR count). The van der Waals surface area contributed by atoms with Crippen molar-refractivity contribution in [2.24, 2.45) is 0 Å². The minimum atomic E-state index is -0.139. The molecule has 0 aliphatic carbocycles. The van der Waals surface area contributed by atoms with E-state index in [1.165, 1.54) is 25.7 Å². The van der Waals surface area contributed by atoms with Crippen LogP contribution in [0.1, 0.15) is 52.9 Å². The lowest BCUT2D eigenvalue weighted by Crippen LogP contribution is -2.26. The van der Waals surface area contributed by atoms with Crippen molar-refractivity contribution in [3.63, 3.8) is 0 Å². The van der Waals surface area contributed by atoms with Crippen molar-refractivity contribution < 1.29 is 4.79 Å². The molecule has 18 heavy (non-hydrogen) atoms. The lowest BCUT2D eigenvalue weighted by atomic mass is 10.1. The Kier molecular flexibility index (Phi) is 14.5. The first-order chi connectivity index (χ1) is 8.63. The van der Waals surface area contributed by atoms with E-state index in [0.29, 0.717) is 17.7 Å².